The number of rotatable bonds is 39. The Morgan fingerprint density at radius 3 is 1.50 bits per heavy atom. The quantitative estimate of drug-likeness (QED) is 0.0173. The van der Waals surface area contributed by atoms with Crippen LogP contribution >= 0.6 is 7.82 Å². The van der Waals surface area contributed by atoms with Crippen molar-refractivity contribution < 1.29 is 53.3 Å². The first-order chi connectivity index (χ1) is 27.0. The number of ether oxygens (including phenoxy) is 2. The molecule has 0 amide bonds. The van der Waals surface area contributed by atoms with Crippen LogP contribution in [0.4, 0.5) is 0 Å². The molecule has 0 heterocycles. The number of carbonyl (C=O) groups excluding carboxylic acids is 2. The van der Waals surface area contributed by atoms with Crippen molar-refractivity contribution in [2.24, 2.45) is 0 Å². The van der Waals surface area contributed by atoms with E-state index >= 15 is 0 Å². The van der Waals surface area contributed by atoms with Gasteiger partial charge in [-0.2, -0.15) is 0 Å². The van der Waals surface area contributed by atoms with E-state index in [1.54, 1.807) is 42.5 Å². The predicted molar refractivity (Wildman–Crippen MR) is 225 cm³/mol. The summed E-state index contributed by atoms with van der Waals surface area (Å²) in [5, 5.41) is 30.3. The van der Waals surface area contributed by atoms with Crippen LogP contribution in [0.25, 0.3) is 0 Å². The second-order valence-corrected chi connectivity index (χ2v) is 16.1. The first kappa shape index (κ1) is 53.9. The highest BCUT2D eigenvalue weighted by Crippen LogP contribution is 2.36. The van der Waals surface area contributed by atoms with E-state index in [-0.39, 0.29) is 25.7 Å². The second-order valence-electron chi connectivity index (χ2n) is 14.9. The lowest BCUT2D eigenvalue weighted by Crippen LogP contribution is -2.29. The van der Waals surface area contributed by atoms with Crippen molar-refractivity contribution >= 4 is 19.8 Å². The molecular weight excluding hydrogens is 735 g/mol. The van der Waals surface area contributed by atoms with Gasteiger partial charge in [0.25, 0.3) is 0 Å². The van der Waals surface area contributed by atoms with E-state index in [2.05, 4.69) is 18.4 Å². The van der Waals surface area contributed by atoms with Gasteiger partial charge in [0, 0.05) is 12.8 Å². The lowest BCUT2D eigenvalue weighted by atomic mass is 10.0. The summed E-state index contributed by atoms with van der Waals surface area (Å²) in [6.07, 6.45) is 36.3. The largest absolute Gasteiger partial charge is 0.469 e. The molecule has 12 heteroatoms. The molecule has 0 fully saturated rings. The lowest BCUT2D eigenvalue weighted by molar-refractivity contribution is -0.161. The molecule has 4 atom stereocenters. The maximum absolute atomic E-state index is 12.4. The summed E-state index contributed by atoms with van der Waals surface area (Å²) >= 11 is 0. The summed E-state index contributed by atoms with van der Waals surface area (Å²) in [7, 11) is -4.85. The monoisotopic (exact) mass is 815 g/mol. The van der Waals surface area contributed by atoms with Gasteiger partial charge >= 0.3 is 19.8 Å². The van der Waals surface area contributed by atoms with Crippen molar-refractivity contribution in [1.82, 2.24) is 0 Å². The summed E-state index contributed by atoms with van der Waals surface area (Å²) in [5.41, 5.74) is 0. The van der Waals surface area contributed by atoms with Gasteiger partial charge in [0.2, 0.25) is 0 Å². The number of aliphatic hydroxyl groups is 3. The molecule has 0 aromatic heterocycles. The van der Waals surface area contributed by atoms with Gasteiger partial charge in [0.05, 0.1) is 24.9 Å². The highest BCUT2D eigenvalue weighted by molar-refractivity contribution is 7.46. The smallest absolute Gasteiger partial charge is 0.462 e. The van der Waals surface area contributed by atoms with Crippen LogP contribution in [0.15, 0.2) is 48.6 Å². The SMILES string of the molecule is CCCCCCCCCCCCCCCCCCCCC(=O)OC[C@H](COP(=O)(O)O)OC(=O)CCC[C@H](O)[C@@H](O)/C=C/C=C/C=C\C=C\[C@@H](O)CCCCC. The molecule has 0 aliphatic carbocycles. The minimum atomic E-state index is -4.85. The van der Waals surface area contributed by atoms with E-state index in [9.17, 15) is 29.5 Å². The molecule has 0 aliphatic heterocycles. The topological polar surface area (TPSA) is 180 Å². The Balaban J connectivity index is 4.20. The van der Waals surface area contributed by atoms with Crippen LogP contribution in [-0.2, 0) is 28.2 Å². The van der Waals surface area contributed by atoms with Crippen LogP contribution in [0.3, 0.4) is 0 Å². The summed E-state index contributed by atoms with van der Waals surface area (Å²) in [6.45, 7) is 3.31. The Kier molecular flexibility index (Phi) is 37.0. The van der Waals surface area contributed by atoms with Crippen molar-refractivity contribution in [1.29, 1.82) is 0 Å². The minimum Gasteiger partial charge on any atom is -0.462 e. The van der Waals surface area contributed by atoms with Gasteiger partial charge in [-0.3, -0.25) is 14.1 Å². The molecule has 0 unspecified atom stereocenters. The molecule has 56 heavy (non-hydrogen) atoms. The van der Waals surface area contributed by atoms with E-state index in [0.717, 1.165) is 44.9 Å². The third kappa shape index (κ3) is 38.7. The fourth-order valence-corrected chi connectivity index (χ4v) is 6.41. The van der Waals surface area contributed by atoms with Crippen molar-refractivity contribution in [3.8, 4) is 0 Å². The number of aliphatic hydroxyl groups excluding tert-OH is 3. The molecule has 0 spiro atoms. The van der Waals surface area contributed by atoms with Crippen LogP contribution in [0.5, 0.6) is 0 Å². The van der Waals surface area contributed by atoms with Gasteiger partial charge in [0.15, 0.2) is 6.10 Å². The molecule has 0 radical (unpaired) electrons. The van der Waals surface area contributed by atoms with Crippen LogP contribution in [-0.4, -0.2) is 74.7 Å². The molecule has 0 aromatic rings. The number of hydrogen-bond donors (Lipinski definition) is 5. The lowest BCUT2D eigenvalue weighted by Gasteiger charge is -2.19. The molecule has 326 valence electrons. The molecule has 5 N–H and O–H groups in total. The Labute approximate surface area is 339 Å². The number of allylic oxidation sites excluding steroid dienone is 6. The van der Waals surface area contributed by atoms with Gasteiger partial charge in [-0.1, -0.05) is 191 Å². The molecular formula is C44H79O11P. The van der Waals surface area contributed by atoms with Crippen LogP contribution < -0.4 is 0 Å². The molecule has 0 saturated carbocycles. The van der Waals surface area contributed by atoms with E-state index in [1.807, 2.05) is 0 Å². The average molecular weight is 815 g/mol. The van der Waals surface area contributed by atoms with Crippen molar-refractivity contribution in [3.63, 3.8) is 0 Å². The molecule has 0 saturated heterocycles. The summed E-state index contributed by atoms with van der Waals surface area (Å²) in [6, 6.07) is 0. The van der Waals surface area contributed by atoms with E-state index in [4.69, 9.17) is 19.3 Å². The Morgan fingerprint density at radius 1 is 0.536 bits per heavy atom. The van der Waals surface area contributed by atoms with Crippen molar-refractivity contribution in [3.05, 3.63) is 48.6 Å². The maximum atomic E-state index is 12.4. The first-order valence-corrected chi connectivity index (χ1v) is 23.3. The van der Waals surface area contributed by atoms with Crippen LogP contribution in [0.2, 0.25) is 0 Å². The van der Waals surface area contributed by atoms with E-state index < -0.39 is 57.4 Å². The normalized spacial score (nSPS) is 14.6. The van der Waals surface area contributed by atoms with Crippen LogP contribution in [0, 0.1) is 0 Å². The summed E-state index contributed by atoms with van der Waals surface area (Å²) in [5.74, 6) is -1.21. The molecule has 0 bridgehead atoms. The number of phosphoric acid groups is 1. The zero-order valence-electron chi connectivity index (χ0n) is 34.9. The summed E-state index contributed by atoms with van der Waals surface area (Å²) < 4.78 is 26.2. The highest BCUT2D eigenvalue weighted by atomic mass is 31.2. The van der Waals surface area contributed by atoms with Gasteiger partial charge in [-0.05, 0) is 25.7 Å². The second kappa shape index (κ2) is 38.4. The standard InChI is InChI=1S/C44H79O11P/c1-3-5-7-8-9-10-11-12-13-14-15-16-17-18-19-20-25-29-35-43(48)53-37-40(38-54-56(50,51)52)55-44(49)36-30-34-42(47)41(46)33-28-24-22-21-23-27-32-39(45)31-26-6-4-2/h21-24,27-28,32-33,39-42,45-47H,3-20,25-26,29-31,34-38H2,1-2H3,(H2,50,51,52)/b23-21-,24-22+,32-27+,33-28+/t39-,40+,41-,42-/m0/s1. The third-order valence-electron chi connectivity index (χ3n) is 9.47. The number of hydrogen-bond acceptors (Lipinski definition) is 9. The van der Waals surface area contributed by atoms with E-state index in [1.165, 1.54) is 96.0 Å². The maximum Gasteiger partial charge on any atom is 0.469 e. The van der Waals surface area contributed by atoms with Crippen LogP contribution in [0.1, 0.15) is 181 Å². The Bertz CT molecular complexity index is 1100. The Morgan fingerprint density at radius 2 is 0.982 bits per heavy atom. The fraction of sp³-hybridized carbons (Fsp3) is 0.773. The fourth-order valence-electron chi connectivity index (χ4n) is 6.05. The Hall–Kier alpha value is -2.11. The van der Waals surface area contributed by atoms with Gasteiger partial charge in [-0.15, -0.1) is 0 Å². The number of esters is 2. The third-order valence-corrected chi connectivity index (χ3v) is 9.95. The van der Waals surface area contributed by atoms with E-state index in [0.29, 0.717) is 6.42 Å². The van der Waals surface area contributed by atoms with Crippen molar-refractivity contribution in [2.45, 2.75) is 205 Å². The number of phosphoric ester groups is 1. The van der Waals surface area contributed by atoms with Crippen molar-refractivity contribution in [2.75, 3.05) is 13.2 Å². The number of carbonyl (C=O) groups is 2. The zero-order chi connectivity index (χ0) is 41.5. The number of unbranched alkanes of at least 4 members (excludes halogenated alkanes) is 19. The summed E-state index contributed by atoms with van der Waals surface area (Å²) in [4.78, 5) is 42.9. The van der Waals surface area contributed by atoms with Gasteiger partial charge in [-0.25, -0.2) is 4.57 Å². The van der Waals surface area contributed by atoms with Gasteiger partial charge in [0.1, 0.15) is 6.61 Å². The predicted octanol–water partition coefficient (Wildman–Crippen LogP) is 10.0. The van der Waals surface area contributed by atoms with Gasteiger partial charge < -0.3 is 34.6 Å². The molecule has 0 aliphatic rings. The molecule has 0 aromatic carbocycles. The first-order valence-electron chi connectivity index (χ1n) is 21.8. The minimum absolute atomic E-state index is 0.0909. The zero-order valence-corrected chi connectivity index (χ0v) is 35.8. The highest BCUT2D eigenvalue weighted by Gasteiger charge is 2.23. The average Bonchev–Trinajstić information content (AvgIpc) is 3.16. The molecule has 11 nitrogen and oxygen atoms in total. The molecule has 0 rings (SSSR count).